The first kappa shape index (κ1) is 18.3. The molecule has 2 rings (SSSR count). The predicted molar refractivity (Wildman–Crippen MR) is 95.7 cm³/mol. The summed E-state index contributed by atoms with van der Waals surface area (Å²) >= 11 is 0. The Morgan fingerprint density at radius 1 is 0.870 bits per heavy atom. The van der Waals surface area contributed by atoms with E-state index in [4.69, 9.17) is 9.68 Å². The van der Waals surface area contributed by atoms with Gasteiger partial charge in [0.25, 0.3) is 0 Å². The largest absolute Gasteiger partial charge is 0.399 e. The third-order valence-electron chi connectivity index (χ3n) is 4.31. The number of hydrogen-bond donors (Lipinski definition) is 0. The number of nitrogens with zero attached hydrogens (tertiary/aromatic N) is 2. The summed E-state index contributed by atoms with van der Waals surface area (Å²) in [4.78, 5) is 10.8. The van der Waals surface area contributed by atoms with Crippen LogP contribution in [-0.4, -0.2) is 25.1 Å². The van der Waals surface area contributed by atoms with Crippen molar-refractivity contribution < 1.29 is 9.68 Å². The van der Waals surface area contributed by atoms with Crippen LogP contribution < -0.4 is 0 Å². The van der Waals surface area contributed by atoms with Crippen molar-refractivity contribution in [3.8, 4) is 0 Å². The molecule has 2 aliphatic carbocycles. The summed E-state index contributed by atoms with van der Waals surface area (Å²) in [5.41, 5.74) is 2.73. The summed E-state index contributed by atoms with van der Waals surface area (Å²) in [6, 6.07) is 0. The zero-order valence-corrected chi connectivity index (χ0v) is 15.8. The van der Waals surface area contributed by atoms with Crippen LogP contribution in [-0.2, 0) is 9.68 Å². The Morgan fingerprint density at radius 2 is 1.39 bits per heavy atom. The number of rotatable bonds is 9. The van der Waals surface area contributed by atoms with Crippen LogP contribution in [0, 0.1) is 22.7 Å². The Kier molecular flexibility index (Phi) is 5.74. The van der Waals surface area contributed by atoms with Crippen molar-refractivity contribution in [1.82, 2.24) is 0 Å². The van der Waals surface area contributed by atoms with E-state index in [-0.39, 0.29) is 10.8 Å². The highest BCUT2D eigenvalue weighted by Gasteiger charge is 2.34. The molecule has 0 amide bonds. The van der Waals surface area contributed by atoms with E-state index in [0.717, 1.165) is 12.8 Å². The van der Waals surface area contributed by atoms with Crippen molar-refractivity contribution >= 4 is 11.4 Å². The van der Waals surface area contributed by atoms with Gasteiger partial charge in [0.1, 0.15) is 13.7 Å². The lowest BCUT2D eigenvalue weighted by atomic mass is 9.87. The van der Waals surface area contributed by atoms with Gasteiger partial charge in [-0.15, -0.1) is 0 Å². The van der Waals surface area contributed by atoms with Crippen LogP contribution in [0.1, 0.15) is 73.1 Å². The minimum absolute atomic E-state index is 0.0276. The third kappa shape index (κ3) is 6.92. The van der Waals surface area contributed by atoms with E-state index in [1.54, 1.807) is 7.11 Å². The Morgan fingerprint density at radius 3 is 1.83 bits per heavy atom. The highest BCUT2D eigenvalue weighted by atomic mass is 16.6. The molecule has 2 aliphatic rings. The molecule has 0 aliphatic heterocycles. The molecular weight excluding hydrogens is 288 g/mol. The fourth-order valence-electron chi connectivity index (χ4n) is 2.83. The van der Waals surface area contributed by atoms with Gasteiger partial charge in [0.05, 0.1) is 11.4 Å². The van der Waals surface area contributed by atoms with Gasteiger partial charge in [0.15, 0.2) is 0 Å². The fourth-order valence-corrected chi connectivity index (χ4v) is 2.83. The topological polar surface area (TPSA) is 43.2 Å². The molecule has 0 spiro atoms. The molecule has 0 atom stereocenters. The Labute approximate surface area is 141 Å². The lowest BCUT2D eigenvalue weighted by Crippen LogP contribution is -2.24. The van der Waals surface area contributed by atoms with E-state index >= 15 is 0 Å². The van der Waals surface area contributed by atoms with E-state index < -0.39 is 0 Å². The molecule has 23 heavy (non-hydrogen) atoms. The second kappa shape index (κ2) is 7.23. The number of oxime groups is 2. The summed E-state index contributed by atoms with van der Waals surface area (Å²) < 4.78 is 0. The molecule has 2 fully saturated rings. The van der Waals surface area contributed by atoms with Crippen LogP contribution >= 0.6 is 0 Å². The van der Waals surface area contributed by atoms with Crippen LogP contribution in [0.15, 0.2) is 10.3 Å². The molecular formula is C19H34N2O2. The zero-order valence-electron chi connectivity index (χ0n) is 15.8. The first-order valence-corrected chi connectivity index (χ1v) is 8.99. The van der Waals surface area contributed by atoms with Gasteiger partial charge < -0.3 is 9.68 Å². The maximum Gasteiger partial charge on any atom is 0.122 e. The minimum atomic E-state index is 0.0276. The van der Waals surface area contributed by atoms with Crippen LogP contribution in [0.2, 0.25) is 0 Å². The lowest BCUT2D eigenvalue weighted by Gasteiger charge is -2.24. The van der Waals surface area contributed by atoms with Crippen LogP contribution in [0.5, 0.6) is 0 Å². The molecule has 0 aromatic heterocycles. The standard InChI is InChI=1S/C19H34N2O2/c1-18(2,3)11-16(14-7-8-14)21-23-13-19(4,5)12-17(20-22-6)15-9-10-15/h14-15H,7-13H2,1-6H3/b20-17-,21-16-. The van der Waals surface area contributed by atoms with Crippen molar-refractivity contribution in [2.75, 3.05) is 13.7 Å². The van der Waals surface area contributed by atoms with Gasteiger partial charge in [-0.1, -0.05) is 44.9 Å². The minimum Gasteiger partial charge on any atom is -0.399 e. The summed E-state index contributed by atoms with van der Waals surface area (Å²) in [6.07, 6.45) is 6.97. The van der Waals surface area contributed by atoms with Crippen LogP contribution in [0.4, 0.5) is 0 Å². The Hall–Kier alpha value is -1.06. The molecule has 0 heterocycles. The first-order valence-electron chi connectivity index (χ1n) is 8.99. The van der Waals surface area contributed by atoms with Crippen molar-refractivity contribution in [1.29, 1.82) is 0 Å². The van der Waals surface area contributed by atoms with Gasteiger partial charge in [-0.05, 0) is 43.9 Å². The van der Waals surface area contributed by atoms with E-state index in [1.165, 1.54) is 37.1 Å². The van der Waals surface area contributed by atoms with E-state index in [2.05, 4.69) is 44.9 Å². The second-order valence-electron chi connectivity index (χ2n) is 9.25. The van der Waals surface area contributed by atoms with E-state index in [9.17, 15) is 0 Å². The SMILES string of the molecule is CO/N=C(/CC(C)(C)CO/N=C(/CC(C)(C)C)C1CC1)C1CC1. The number of hydrogen-bond acceptors (Lipinski definition) is 4. The van der Waals surface area contributed by atoms with Gasteiger partial charge >= 0.3 is 0 Å². The fraction of sp³-hybridized carbons (Fsp3) is 0.895. The normalized spacial score (nSPS) is 20.6. The Balaban J connectivity index is 1.87. The monoisotopic (exact) mass is 322 g/mol. The van der Waals surface area contributed by atoms with Crippen LogP contribution in [0.3, 0.4) is 0 Å². The summed E-state index contributed by atoms with van der Waals surface area (Å²) in [5.74, 6) is 1.29. The summed E-state index contributed by atoms with van der Waals surface area (Å²) in [6.45, 7) is 11.9. The Bertz CT molecular complexity index is 452. The maximum atomic E-state index is 5.78. The lowest BCUT2D eigenvalue weighted by molar-refractivity contribution is 0.0688. The molecule has 0 radical (unpaired) electrons. The van der Waals surface area contributed by atoms with E-state index in [0.29, 0.717) is 18.4 Å². The van der Waals surface area contributed by atoms with Crippen molar-refractivity contribution in [3.63, 3.8) is 0 Å². The van der Waals surface area contributed by atoms with E-state index in [1.807, 2.05) is 0 Å². The van der Waals surface area contributed by atoms with Gasteiger partial charge in [0.2, 0.25) is 0 Å². The van der Waals surface area contributed by atoms with Crippen LogP contribution in [0.25, 0.3) is 0 Å². The van der Waals surface area contributed by atoms with Gasteiger partial charge in [-0.25, -0.2) is 0 Å². The molecule has 4 heteroatoms. The molecule has 0 aromatic rings. The molecule has 0 aromatic carbocycles. The molecule has 0 bridgehead atoms. The summed E-state index contributed by atoms with van der Waals surface area (Å²) in [5, 5.41) is 8.74. The maximum absolute atomic E-state index is 5.78. The first-order chi connectivity index (χ1) is 10.7. The quantitative estimate of drug-likeness (QED) is 0.441. The molecule has 0 N–H and O–H groups in total. The predicted octanol–water partition coefficient (Wildman–Crippen LogP) is 5.03. The van der Waals surface area contributed by atoms with Gasteiger partial charge in [-0.3, -0.25) is 0 Å². The van der Waals surface area contributed by atoms with Crippen molar-refractivity contribution in [2.45, 2.75) is 73.1 Å². The van der Waals surface area contributed by atoms with Crippen molar-refractivity contribution in [3.05, 3.63) is 0 Å². The van der Waals surface area contributed by atoms with Gasteiger partial charge in [0, 0.05) is 17.3 Å². The summed E-state index contributed by atoms with van der Waals surface area (Å²) in [7, 11) is 1.63. The highest BCUT2D eigenvalue weighted by molar-refractivity contribution is 5.89. The molecule has 2 saturated carbocycles. The molecule has 132 valence electrons. The molecule has 4 nitrogen and oxygen atoms in total. The van der Waals surface area contributed by atoms with Crippen molar-refractivity contribution in [2.24, 2.45) is 33.0 Å². The molecule has 0 saturated heterocycles. The highest BCUT2D eigenvalue weighted by Crippen LogP contribution is 2.37. The average molecular weight is 322 g/mol. The second-order valence-corrected chi connectivity index (χ2v) is 9.25. The van der Waals surface area contributed by atoms with Gasteiger partial charge in [-0.2, -0.15) is 0 Å². The third-order valence-corrected chi connectivity index (χ3v) is 4.31. The smallest absolute Gasteiger partial charge is 0.122 e. The zero-order chi connectivity index (χ0) is 17.1. The molecule has 0 unspecified atom stereocenters. The average Bonchev–Trinajstić information content (AvgIpc) is 3.26.